The van der Waals surface area contributed by atoms with Gasteiger partial charge in [0.1, 0.15) is 0 Å². The quantitative estimate of drug-likeness (QED) is 0.653. The number of nitrogens with one attached hydrogen (secondary N) is 3. The molecule has 0 aromatic rings. The average molecular weight is 266 g/mol. The van der Waals surface area contributed by atoms with E-state index in [2.05, 4.69) is 20.9 Å². The molecular weight excluding hydrogens is 244 g/mol. The van der Waals surface area contributed by atoms with Crippen LogP contribution in [0.2, 0.25) is 0 Å². The third-order valence-electron chi connectivity index (χ3n) is 4.21. The second-order valence-electron chi connectivity index (χ2n) is 5.95. The molecule has 3 amide bonds. The number of carbonyl (C=O) groups excluding carboxylic acids is 2. The van der Waals surface area contributed by atoms with Crippen LogP contribution < -0.4 is 16.0 Å². The van der Waals surface area contributed by atoms with E-state index in [0.29, 0.717) is 18.5 Å². The highest BCUT2D eigenvalue weighted by Crippen LogP contribution is 2.24. The zero-order valence-electron chi connectivity index (χ0n) is 11.2. The summed E-state index contributed by atoms with van der Waals surface area (Å²) in [6.45, 7) is 3.30. The summed E-state index contributed by atoms with van der Waals surface area (Å²) in [5, 5.41) is 8.67. The van der Waals surface area contributed by atoms with Crippen molar-refractivity contribution in [1.82, 2.24) is 20.9 Å². The van der Waals surface area contributed by atoms with Crippen LogP contribution in [-0.4, -0.2) is 55.1 Å². The zero-order valence-corrected chi connectivity index (χ0v) is 11.2. The molecule has 19 heavy (non-hydrogen) atoms. The molecule has 0 aromatic heterocycles. The summed E-state index contributed by atoms with van der Waals surface area (Å²) in [5.41, 5.74) is 0. The van der Waals surface area contributed by atoms with E-state index in [4.69, 9.17) is 0 Å². The van der Waals surface area contributed by atoms with Crippen molar-refractivity contribution in [2.24, 2.45) is 5.92 Å². The van der Waals surface area contributed by atoms with E-state index in [0.717, 1.165) is 32.5 Å². The number of rotatable bonds is 3. The number of amides is 3. The van der Waals surface area contributed by atoms with Gasteiger partial charge in [-0.25, -0.2) is 4.79 Å². The van der Waals surface area contributed by atoms with Gasteiger partial charge in [-0.2, -0.15) is 0 Å². The van der Waals surface area contributed by atoms with E-state index in [1.54, 1.807) is 0 Å². The smallest absolute Gasteiger partial charge is 0.321 e. The van der Waals surface area contributed by atoms with Gasteiger partial charge in [-0.3, -0.25) is 15.0 Å². The molecule has 1 saturated carbocycles. The van der Waals surface area contributed by atoms with Gasteiger partial charge in [0, 0.05) is 25.2 Å². The molecule has 2 heterocycles. The Morgan fingerprint density at radius 3 is 2.79 bits per heavy atom. The number of fused-ring (bicyclic) bond motifs is 1. The van der Waals surface area contributed by atoms with Crippen LogP contribution in [0.3, 0.4) is 0 Å². The van der Waals surface area contributed by atoms with Crippen molar-refractivity contribution in [3.8, 4) is 0 Å². The first-order valence-electron chi connectivity index (χ1n) is 7.27. The minimum atomic E-state index is -0.345. The van der Waals surface area contributed by atoms with E-state index in [9.17, 15) is 9.59 Å². The summed E-state index contributed by atoms with van der Waals surface area (Å²) in [4.78, 5) is 25.4. The minimum absolute atomic E-state index is 0.197. The lowest BCUT2D eigenvalue weighted by Crippen LogP contribution is -2.45. The van der Waals surface area contributed by atoms with Gasteiger partial charge in [-0.1, -0.05) is 0 Å². The van der Waals surface area contributed by atoms with E-state index in [1.807, 2.05) is 0 Å². The fraction of sp³-hybridized carbons (Fsp3) is 0.846. The summed E-state index contributed by atoms with van der Waals surface area (Å²) in [7, 11) is 0. The second kappa shape index (κ2) is 5.46. The molecule has 0 spiro atoms. The SMILES string of the molecule is O=C(CN1CC2CCCNC2C1)NC(=O)NC1CC1. The summed E-state index contributed by atoms with van der Waals surface area (Å²) < 4.78 is 0. The van der Waals surface area contributed by atoms with Crippen LogP contribution in [0.5, 0.6) is 0 Å². The second-order valence-corrected chi connectivity index (χ2v) is 5.95. The van der Waals surface area contributed by atoms with Gasteiger partial charge in [0.05, 0.1) is 6.54 Å². The lowest BCUT2D eigenvalue weighted by Gasteiger charge is -2.24. The molecule has 6 nitrogen and oxygen atoms in total. The molecule has 3 fully saturated rings. The normalized spacial score (nSPS) is 30.7. The van der Waals surface area contributed by atoms with Crippen LogP contribution in [0.1, 0.15) is 25.7 Å². The van der Waals surface area contributed by atoms with Gasteiger partial charge in [0.2, 0.25) is 5.91 Å². The van der Waals surface area contributed by atoms with Crippen LogP contribution in [-0.2, 0) is 4.79 Å². The van der Waals surface area contributed by atoms with Crippen LogP contribution in [0.4, 0.5) is 4.79 Å². The van der Waals surface area contributed by atoms with Crippen molar-refractivity contribution in [3.63, 3.8) is 0 Å². The molecule has 0 aromatic carbocycles. The third-order valence-corrected chi connectivity index (χ3v) is 4.21. The summed E-state index contributed by atoms with van der Waals surface area (Å²) >= 11 is 0. The fourth-order valence-corrected chi connectivity index (χ4v) is 3.08. The Balaban J connectivity index is 1.40. The third kappa shape index (κ3) is 3.45. The number of urea groups is 1. The summed E-state index contributed by atoms with van der Waals surface area (Å²) in [5.74, 6) is 0.471. The summed E-state index contributed by atoms with van der Waals surface area (Å²) in [6.07, 6.45) is 4.54. The molecule has 0 radical (unpaired) electrons. The van der Waals surface area contributed by atoms with Crippen molar-refractivity contribution in [1.29, 1.82) is 0 Å². The van der Waals surface area contributed by atoms with Gasteiger partial charge in [0.25, 0.3) is 0 Å². The molecule has 3 aliphatic rings. The number of piperidine rings is 1. The molecule has 106 valence electrons. The maximum Gasteiger partial charge on any atom is 0.321 e. The van der Waals surface area contributed by atoms with E-state index in [1.165, 1.54) is 12.8 Å². The molecule has 3 rings (SSSR count). The largest absolute Gasteiger partial charge is 0.335 e. The van der Waals surface area contributed by atoms with Crippen molar-refractivity contribution in [2.45, 2.75) is 37.8 Å². The van der Waals surface area contributed by atoms with E-state index in [-0.39, 0.29) is 18.0 Å². The number of likely N-dealkylation sites (tertiary alicyclic amines) is 1. The lowest BCUT2D eigenvalue weighted by atomic mass is 9.94. The zero-order chi connectivity index (χ0) is 13.2. The molecule has 2 unspecified atom stereocenters. The topological polar surface area (TPSA) is 73.5 Å². The highest BCUT2D eigenvalue weighted by Gasteiger charge is 2.35. The monoisotopic (exact) mass is 266 g/mol. The Labute approximate surface area is 113 Å². The Bertz CT molecular complexity index is 356. The number of imide groups is 1. The molecule has 3 N–H and O–H groups in total. The van der Waals surface area contributed by atoms with Gasteiger partial charge in [-0.15, -0.1) is 0 Å². The minimum Gasteiger partial charge on any atom is -0.335 e. The van der Waals surface area contributed by atoms with Crippen LogP contribution >= 0.6 is 0 Å². The summed E-state index contributed by atoms with van der Waals surface area (Å²) in [6, 6.07) is 0.468. The predicted octanol–water partition coefficient (Wildman–Crippen LogP) is -0.342. The van der Waals surface area contributed by atoms with Gasteiger partial charge in [-0.05, 0) is 38.1 Å². The standard InChI is InChI=1S/C13H22N4O2/c18-12(16-13(19)15-10-3-4-10)8-17-6-9-2-1-5-14-11(9)7-17/h9-11,14H,1-8H2,(H2,15,16,18,19). The molecule has 1 aliphatic carbocycles. The Morgan fingerprint density at radius 1 is 1.21 bits per heavy atom. The van der Waals surface area contributed by atoms with Gasteiger partial charge < -0.3 is 10.6 Å². The molecule has 2 aliphatic heterocycles. The Hall–Kier alpha value is -1.14. The number of hydrogen-bond donors (Lipinski definition) is 3. The fourth-order valence-electron chi connectivity index (χ4n) is 3.08. The average Bonchev–Trinajstić information content (AvgIpc) is 3.06. The van der Waals surface area contributed by atoms with E-state index < -0.39 is 0 Å². The van der Waals surface area contributed by atoms with Crippen molar-refractivity contribution in [2.75, 3.05) is 26.2 Å². The number of carbonyl (C=O) groups is 2. The molecule has 2 atom stereocenters. The van der Waals surface area contributed by atoms with Crippen molar-refractivity contribution < 1.29 is 9.59 Å². The molecular formula is C13H22N4O2. The predicted molar refractivity (Wildman–Crippen MR) is 70.7 cm³/mol. The Kier molecular flexibility index (Phi) is 3.70. The first-order valence-corrected chi connectivity index (χ1v) is 7.27. The maximum absolute atomic E-state index is 11.8. The highest BCUT2D eigenvalue weighted by molar-refractivity contribution is 5.95. The maximum atomic E-state index is 11.8. The van der Waals surface area contributed by atoms with Gasteiger partial charge >= 0.3 is 6.03 Å². The molecule has 0 bridgehead atoms. The van der Waals surface area contributed by atoms with Gasteiger partial charge in [0.15, 0.2) is 0 Å². The first-order chi connectivity index (χ1) is 9.20. The van der Waals surface area contributed by atoms with E-state index >= 15 is 0 Å². The van der Waals surface area contributed by atoms with Crippen LogP contribution in [0.15, 0.2) is 0 Å². The lowest BCUT2D eigenvalue weighted by molar-refractivity contribution is -0.120. The molecule has 2 saturated heterocycles. The highest BCUT2D eigenvalue weighted by atomic mass is 16.2. The number of hydrogen-bond acceptors (Lipinski definition) is 4. The van der Waals surface area contributed by atoms with Crippen LogP contribution in [0, 0.1) is 5.92 Å². The first kappa shape index (κ1) is 12.9. The van der Waals surface area contributed by atoms with Crippen molar-refractivity contribution in [3.05, 3.63) is 0 Å². The van der Waals surface area contributed by atoms with Crippen LogP contribution in [0.25, 0.3) is 0 Å². The van der Waals surface area contributed by atoms with Crippen molar-refractivity contribution >= 4 is 11.9 Å². The number of nitrogens with zero attached hydrogens (tertiary/aromatic N) is 1. The Morgan fingerprint density at radius 2 is 2.05 bits per heavy atom. The molecule has 6 heteroatoms.